The van der Waals surface area contributed by atoms with Gasteiger partial charge in [-0.25, -0.2) is 0 Å². The van der Waals surface area contributed by atoms with Crippen molar-refractivity contribution in [1.29, 1.82) is 0 Å². The third-order valence-corrected chi connectivity index (χ3v) is 2.83. The molecule has 1 N–H and O–H groups in total. The summed E-state index contributed by atoms with van der Waals surface area (Å²) in [5.41, 5.74) is 1.26. The highest BCUT2D eigenvalue weighted by Crippen LogP contribution is 2.10. The van der Waals surface area contributed by atoms with E-state index in [-0.39, 0.29) is 6.10 Å². The fraction of sp³-hybridized carbons (Fsp3) is 0.500. The average Bonchev–Trinajstić information content (AvgIpc) is 2.30. The molecule has 16 heavy (non-hydrogen) atoms. The number of benzene rings is 1. The molecule has 1 atom stereocenters. The molecule has 90 valence electrons. The van der Waals surface area contributed by atoms with Crippen molar-refractivity contribution in [3.05, 3.63) is 34.3 Å². The van der Waals surface area contributed by atoms with Gasteiger partial charge in [-0.3, -0.25) is 0 Å². The zero-order valence-electron chi connectivity index (χ0n) is 9.70. The van der Waals surface area contributed by atoms with E-state index in [0.29, 0.717) is 6.61 Å². The van der Waals surface area contributed by atoms with Gasteiger partial charge in [0, 0.05) is 31.8 Å². The van der Waals surface area contributed by atoms with Crippen LogP contribution in [0.15, 0.2) is 28.7 Å². The van der Waals surface area contributed by atoms with E-state index in [1.807, 2.05) is 12.1 Å². The van der Waals surface area contributed by atoms with Gasteiger partial charge in [0.15, 0.2) is 0 Å². The average molecular weight is 288 g/mol. The number of ether oxygens (including phenoxy) is 2. The molecule has 0 aliphatic rings. The molecule has 0 saturated heterocycles. The van der Waals surface area contributed by atoms with E-state index in [0.717, 1.165) is 17.6 Å². The molecule has 0 saturated carbocycles. The van der Waals surface area contributed by atoms with Gasteiger partial charge in [0.1, 0.15) is 0 Å². The quantitative estimate of drug-likeness (QED) is 0.834. The van der Waals surface area contributed by atoms with Crippen molar-refractivity contribution < 1.29 is 9.47 Å². The van der Waals surface area contributed by atoms with E-state index < -0.39 is 0 Å². The Hall–Kier alpha value is -0.420. The molecule has 0 aliphatic carbocycles. The first-order valence-electron chi connectivity index (χ1n) is 5.23. The fourth-order valence-electron chi connectivity index (χ4n) is 1.38. The third-order valence-electron chi connectivity index (χ3n) is 2.30. The lowest BCUT2D eigenvalue weighted by molar-refractivity contribution is 0.0288. The molecule has 1 unspecified atom stereocenters. The number of halogens is 1. The van der Waals surface area contributed by atoms with Crippen molar-refractivity contribution in [2.75, 3.05) is 27.4 Å². The Balaban J connectivity index is 2.26. The van der Waals surface area contributed by atoms with Crippen LogP contribution in [0.1, 0.15) is 5.56 Å². The molecule has 0 bridgehead atoms. The van der Waals surface area contributed by atoms with Crippen LogP contribution < -0.4 is 5.32 Å². The molecule has 0 fully saturated rings. The summed E-state index contributed by atoms with van der Waals surface area (Å²) in [6.07, 6.45) is 0.112. The fourth-order valence-corrected chi connectivity index (χ4v) is 1.64. The lowest BCUT2D eigenvalue weighted by Gasteiger charge is -2.14. The summed E-state index contributed by atoms with van der Waals surface area (Å²) in [6.45, 7) is 2.25. The Labute approximate surface area is 105 Å². The van der Waals surface area contributed by atoms with Gasteiger partial charge in [0.25, 0.3) is 0 Å². The van der Waals surface area contributed by atoms with Crippen LogP contribution in [0.5, 0.6) is 0 Å². The van der Waals surface area contributed by atoms with Crippen LogP contribution in [0.4, 0.5) is 0 Å². The third kappa shape index (κ3) is 5.07. The summed E-state index contributed by atoms with van der Waals surface area (Å²) in [5.74, 6) is 0. The van der Waals surface area contributed by atoms with Gasteiger partial charge in [-0.2, -0.15) is 0 Å². The van der Waals surface area contributed by atoms with Crippen molar-refractivity contribution in [1.82, 2.24) is 5.32 Å². The summed E-state index contributed by atoms with van der Waals surface area (Å²) in [4.78, 5) is 0. The summed E-state index contributed by atoms with van der Waals surface area (Å²) in [5, 5.41) is 3.34. The molecule has 0 amide bonds. The highest BCUT2D eigenvalue weighted by molar-refractivity contribution is 9.10. The lowest BCUT2D eigenvalue weighted by atomic mass is 10.2. The number of rotatable bonds is 7. The Kier molecular flexibility index (Phi) is 6.64. The number of hydrogen-bond acceptors (Lipinski definition) is 3. The van der Waals surface area contributed by atoms with Crippen LogP contribution in [-0.2, 0) is 16.0 Å². The van der Waals surface area contributed by atoms with Crippen molar-refractivity contribution >= 4 is 15.9 Å². The van der Waals surface area contributed by atoms with E-state index in [1.54, 1.807) is 14.2 Å². The van der Waals surface area contributed by atoms with Gasteiger partial charge in [0.05, 0.1) is 12.7 Å². The first-order valence-corrected chi connectivity index (χ1v) is 6.02. The minimum Gasteiger partial charge on any atom is -0.382 e. The molecular weight excluding hydrogens is 270 g/mol. The first kappa shape index (κ1) is 13.6. The van der Waals surface area contributed by atoms with Gasteiger partial charge < -0.3 is 14.8 Å². The second-order valence-corrected chi connectivity index (χ2v) is 4.49. The van der Waals surface area contributed by atoms with Crippen LogP contribution in [0, 0.1) is 0 Å². The van der Waals surface area contributed by atoms with Crippen LogP contribution >= 0.6 is 15.9 Å². The smallest absolute Gasteiger partial charge is 0.0928 e. The second kappa shape index (κ2) is 7.79. The van der Waals surface area contributed by atoms with E-state index in [1.165, 1.54) is 5.56 Å². The number of nitrogens with one attached hydrogen (secondary N) is 1. The molecule has 0 aliphatic heterocycles. The SMILES string of the molecule is COCC(CNCc1ccc(Br)cc1)OC. The Morgan fingerprint density at radius 3 is 2.50 bits per heavy atom. The molecule has 4 heteroatoms. The van der Waals surface area contributed by atoms with E-state index >= 15 is 0 Å². The van der Waals surface area contributed by atoms with Crippen LogP contribution in [0.2, 0.25) is 0 Å². The highest BCUT2D eigenvalue weighted by atomic mass is 79.9. The van der Waals surface area contributed by atoms with Crippen molar-refractivity contribution in [3.8, 4) is 0 Å². The topological polar surface area (TPSA) is 30.5 Å². The minimum atomic E-state index is 0.112. The summed E-state index contributed by atoms with van der Waals surface area (Å²) < 4.78 is 11.4. The summed E-state index contributed by atoms with van der Waals surface area (Å²) in [7, 11) is 3.38. The maximum absolute atomic E-state index is 5.25. The minimum absolute atomic E-state index is 0.112. The largest absolute Gasteiger partial charge is 0.382 e. The first-order chi connectivity index (χ1) is 7.76. The standard InChI is InChI=1S/C12H18BrNO2/c1-15-9-12(16-2)8-14-7-10-3-5-11(13)6-4-10/h3-6,12,14H,7-9H2,1-2H3. The summed E-state index contributed by atoms with van der Waals surface area (Å²) >= 11 is 3.41. The normalized spacial score (nSPS) is 12.7. The molecule has 0 aromatic heterocycles. The maximum atomic E-state index is 5.25. The van der Waals surface area contributed by atoms with Gasteiger partial charge in [0.2, 0.25) is 0 Å². The molecule has 1 aromatic rings. The summed E-state index contributed by atoms with van der Waals surface area (Å²) in [6, 6.07) is 8.27. The predicted octanol–water partition coefficient (Wildman–Crippen LogP) is 2.20. The molecular formula is C12H18BrNO2. The van der Waals surface area contributed by atoms with Gasteiger partial charge in [-0.05, 0) is 17.7 Å². The monoisotopic (exact) mass is 287 g/mol. The van der Waals surface area contributed by atoms with Crippen molar-refractivity contribution in [2.45, 2.75) is 12.6 Å². The lowest BCUT2D eigenvalue weighted by Crippen LogP contribution is -2.31. The van der Waals surface area contributed by atoms with Gasteiger partial charge in [-0.1, -0.05) is 28.1 Å². The van der Waals surface area contributed by atoms with Gasteiger partial charge >= 0.3 is 0 Å². The van der Waals surface area contributed by atoms with E-state index in [2.05, 4.69) is 33.4 Å². The number of hydrogen-bond donors (Lipinski definition) is 1. The van der Waals surface area contributed by atoms with Crippen molar-refractivity contribution in [2.24, 2.45) is 0 Å². The zero-order valence-corrected chi connectivity index (χ0v) is 11.3. The van der Waals surface area contributed by atoms with E-state index in [9.17, 15) is 0 Å². The van der Waals surface area contributed by atoms with Crippen molar-refractivity contribution in [3.63, 3.8) is 0 Å². The van der Waals surface area contributed by atoms with Crippen LogP contribution in [0.25, 0.3) is 0 Å². The van der Waals surface area contributed by atoms with Crippen LogP contribution in [0.3, 0.4) is 0 Å². The number of methoxy groups -OCH3 is 2. The molecule has 0 spiro atoms. The Bertz CT molecular complexity index is 290. The van der Waals surface area contributed by atoms with Crippen LogP contribution in [-0.4, -0.2) is 33.5 Å². The molecule has 3 nitrogen and oxygen atoms in total. The highest BCUT2D eigenvalue weighted by Gasteiger charge is 2.05. The molecule has 0 radical (unpaired) electrons. The molecule has 1 aromatic carbocycles. The predicted molar refractivity (Wildman–Crippen MR) is 68.5 cm³/mol. The molecule has 0 heterocycles. The molecule has 1 rings (SSSR count). The maximum Gasteiger partial charge on any atom is 0.0928 e. The zero-order chi connectivity index (χ0) is 11.8. The Morgan fingerprint density at radius 1 is 1.25 bits per heavy atom. The Morgan fingerprint density at radius 2 is 1.94 bits per heavy atom. The van der Waals surface area contributed by atoms with Gasteiger partial charge in [-0.15, -0.1) is 0 Å². The second-order valence-electron chi connectivity index (χ2n) is 3.57. The van der Waals surface area contributed by atoms with E-state index in [4.69, 9.17) is 9.47 Å².